The fourth-order valence-corrected chi connectivity index (χ4v) is 3.06. The first kappa shape index (κ1) is 16.3. The fraction of sp³-hybridized carbons (Fsp3) is 0.111. The van der Waals surface area contributed by atoms with Crippen molar-refractivity contribution in [3.05, 3.63) is 76.8 Å². The zero-order valence-corrected chi connectivity index (χ0v) is 13.4. The lowest BCUT2D eigenvalue weighted by molar-refractivity contribution is 0.0953. The quantitative estimate of drug-likeness (QED) is 0.758. The SMILES string of the molecule is O=C(NCCc1csc(-c2cccc(F)c2)n1)c1cccc(F)c1. The number of benzene rings is 2. The van der Waals surface area contributed by atoms with Crippen molar-refractivity contribution in [2.75, 3.05) is 6.54 Å². The number of carbonyl (C=O) groups is 1. The lowest BCUT2D eigenvalue weighted by Gasteiger charge is -2.04. The molecule has 0 aliphatic carbocycles. The number of thiazole rings is 1. The molecule has 0 spiro atoms. The monoisotopic (exact) mass is 344 g/mol. The Kier molecular flexibility index (Phi) is 4.96. The predicted molar refractivity (Wildman–Crippen MR) is 89.9 cm³/mol. The summed E-state index contributed by atoms with van der Waals surface area (Å²) >= 11 is 1.43. The maximum Gasteiger partial charge on any atom is 0.251 e. The highest BCUT2D eigenvalue weighted by atomic mass is 32.1. The van der Waals surface area contributed by atoms with E-state index in [1.165, 1.54) is 41.7 Å². The minimum Gasteiger partial charge on any atom is -0.352 e. The molecule has 1 aromatic heterocycles. The average Bonchev–Trinajstić information content (AvgIpc) is 3.04. The molecule has 3 nitrogen and oxygen atoms in total. The normalized spacial score (nSPS) is 10.6. The van der Waals surface area contributed by atoms with E-state index in [-0.39, 0.29) is 17.3 Å². The Labute approximate surface area is 142 Å². The van der Waals surface area contributed by atoms with Gasteiger partial charge in [-0.2, -0.15) is 0 Å². The van der Waals surface area contributed by atoms with Crippen LogP contribution in [0, 0.1) is 11.6 Å². The van der Waals surface area contributed by atoms with Gasteiger partial charge in [-0.05, 0) is 30.3 Å². The maximum atomic E-state index is 13.2. The molecule has 2 aromatic carbocycles. The molecule has 1 heterocycles. The number of hydrogen-bond acceptors (Lipinski definition) is 3. The maximum absolute atomic E-state index is 13.2. The number of carbonyl (C=O) groups excluding carboxylic acids is 1. The summed E-state index contributed by atoms with van der Waals surface area (Å²) in [5.41, 5.74) is 1.84. The highest BCUT2D eigenvalue weighted by Gasteiger charge is 2.08. The molecule has 0 unspecified atom stereocenters. The second kappa shape index (κ2) is 7.31. The number of rotatable bonds is 5. The van der Waals surface area contributed by atoms with Gasteiger partial charge in [0.1, 0.15) is 16.6 Å². The molecule has 0 aliphatic rings. The fourth-order valence-electron chi connectivity index (χ4n) is 2.21. The van der Waals surface area contributed by atoms with Gasteiger partial charge >= 0.3 is 0 Å². The summed E-state index contributed by atoms with van der Waals surface area (Å²) in [6, 6.07) is 11.8. The van der Waals surface area contributed by atoms with Crippen LogP contribution in [0.25, 0.3) is 10.6 Å². The van der Waals surface area contributed by atoms with Crippen LogP contribution in [-0.2, 0) is 6.42 Å². The molecule has 3 rings (SSSR count). The van der Waals surface area contributed by atoms with E-state index in [0.717, 1.165) is 16.3 Å². The van der Waals surface area contributed by atoms with E-state index >= 15 is 0 Å². The minimum atomic E-state index is -0.443. The van der Waals surface area contributed by atoms with Crippen molar-refractivity contribution in [2.45, 2.75) is 6.42 Å². The number of hydrogen-bond donors (Lipinski definition) is 1. The third kappa shape index (κ3) is 4.02. The second-order valence-electron chi connectivity index (χ2n) is 5.17. The Morgan fingerprint density at radius 1 is 1.08 bits per heavy atom. The lowest BCUT2D eigenvalue weighted by atomic mass is 10.2. The standard InChI is InChI=1S/C18H14F2N2OS/c19-14-5-1-3-12(9-14)17(23)21-8-7-16-11-24-18(22-16)13-4-2-6-15(20)10-13/h1-6,9-11H,7-8H2,(H,21,23). The van der Waals surface area contributed by atoms with Crippen molar-refractivity contribution < 1.29 is 13.6 Å². The number of nitrogens with one attached hydrogen (secondary N) is 1. The van der Waals surface area contributed by atoms with Crippen LogP contribution in [0.1, 0.15) is 16.1 Å². The lowest BCUT2D eigenvalue weighted by Crippen LogP contribution is -2.25. The summed E-state index contributed by atoms with van der Waals surface area (Å²) in [5.74, 6) is -1.07. The molecular formula is C18H14F2N2OS. The van der Waals surface area contributed by atoms with Gasteiger partial charge in [0, 0.05) is 29.5 Å². The van der Waals surface area contributed by atoms with Crippen LogP contribution in [0.2, 0.25) is 0 Å². The summed E-state index contributed by atoms with van der Waals surface area (Å²) in [5, 5.41) is 5.35. The van der Waals surface area contributed by atoms with Crippen molar-refractivity contribution in [3.8, 4) is 10.6 Å². The van der Waals surface area contributed by atoms with Gasteiger partial charge in [-0.15, -0.1) is 11.3 Å². The molecule has 0 saturated carbocycles. The van der Waals surface area contributed by atoms with Crippen molar-refractivity contribution in [1.82, 2.24) is 10.3 Å². The zero-order chi connectivity index (χ0) is 16.9. The molecule has 6 heteroatoms. The van der Waals surface area contributed by atoms with Gasteiger partial charge in [-0.1, -0.05) is 18.2 Å². The van der Waals surface area contributed by atoms with Crippen molar-refractivity contribution in [1.29, 1.82) is 0 Å². The molecule has 0 aliphatic heterocycles. The van der Waals surface area contributed by atoms with Crippen LogP contribution >= 0.6 is 11.3 Å². The predicted octanol–water partition coefficient (Wildman–Crippen LogP) is 4.06. The van der Waals surface area contributed by atoms with E-state index < -0.39 is 5.82 Å². The Hall–Kier alpha value is -2.60. The van der Waals surface area contributed by atoms with Crippen LogP contribution in [0.4, 0.5) is 8.78 Å². The molecule has 122 valence electrons. The van der Waals surface area contributed by atoms with Crippen LogP contribution in [0.3, 0.4) is 0 Å². The van der Waals surface area contributed by atoms with E-state index in [9.17, 15) is 13.6 Å². The Morgan fingerprint density at radius 2 is 1.83 bits per heavy atom. The highest BCUT2D eigenvalue weighted by molar-refractivity contribution is 7.13. The van der Waals surface area contributed by atoms with E-state index in [2.05, 4.69) is 10.3 Å². The molecule has 1 N–H and O–H groups in total. The summed E-state index contributed by atoms with van der Waals surface area (Å²) in [6.45, 7) is 0.391. The minimum absolute atomic E-state index is 0.286. The number of halogens is 2. The Morgan fingerprint density at radius 3 is 2.58 bits per heavy atom. The van der Waals surface area contributed by atoms with Gasteiger partial charge in [-0.3, -0.25) is 4.79 Å². The van der Waals surface area contributed by atoms with Crippen LogP contribution in [0.15, 0.2) is 53.9 Å². The van der Waals surface area contributed by atoms with E-state index in [1.54, 1.807) is 18.2 Å². The third-order valence-corrected chi connectivity index (χ3v) is 4.32. The zero-order valence-electron chi connectivity index (χ0n) is 12.6. The van der Waals surface area contributed by atoms with Gasteiger partial charge in [0.25, 0.3) is 5.91 Å². The van der Waals surface area contributed by atoms with Gasteiger partial charge in [0.15, 0.2) is 0 Å². The Bertz CT molecular complexity index is 863. The number of nitrogens with zero attached hydrogens (tertiary/aromatic N) is 1. The van der Waals surface area contributed by atoms with Crippen LogP contribution in [0.5, 0.6) is 0 Å². The topological polar surface area (TPSA) is 42.0 Å². The third-order valence-electron chi connectivity index (χ3n) is 3.38. The first-order valence-corrected chi connectivity index (χ1v) is 8.24. The first-order chi connectivity index (χ1) is 11.6. The van der Waals surface area contributed by atoms with Gasteiger partial charge < -0.3 is 5.32 Å². The molecule has 3 aromatic rings. The van der Waals surface area contributed by atoms with Gasteiger partial charge in [0.05, 0.1) is 5.69 Å². The van der Waals surface area contributed by atoms with E-state index in [0.29, 0.717) is 13.0 Å². The summed E-state index contributed by atoms with van der Waals surface area (Å²) in [7, 11) is 0. The molecule has 0 fully saturated rings. The molecule has 0 saturated heterocycles. The summed E-state index contributed by atoms with van der Waals surface area (Å²) < 4.78 is 26.3. The smallest absolute Gasteiger partial charge is 0.251 e. The van der Waals surface area contributed by atoms with Crippen molar-refractivity contribution in [3.63, 3.8) is 0 Å². The van der Waals surface area contributed by atoms with Gasteiger partial charge in [0.2, 0.25) is 0 Å². The molecule has 1 amide bonds. The van der Waals surface area contributed by atoms with Gasteiger partial charge in [-0.25, -0.2) is 13.8 Å². The summed E-state index contributed by atoms with van der Waals surface area (Å²) in [6.07, 6.45) is 0.548. The first-order valence-electron chi connectivity index (χ1n) is 7.36. The molecule has 0 bridgehead atoms. The van der Waals surface area contributed by atoms with E-state index in [4.69, 9.17) is 0 Å². The summed E-state index contributed by atoms with van der Waals surface area (Å²) in [4.78, 5) is 16.4. The highest BCUT2D eigenvalue weighted by Crippen LogP contribution is 2.24. The van der Waals surface area contributed by atoms with Crippen LogP contribution in [-0.4, -0.2) is 17.4 Å². The molecular weight excluding hydrogens is 330 g/mol. The second-order valence-corrected chi connectivity index (χ2v) is 6.03. The Balaban J connectivity index is 1.57. The molecule has 24 heavy (non-hydrogen) atoms. The van der Waals surface area contributed by atoms with Crippen molar-refractivity contribution in [2.24, 2.45) is 0 Å². The number of aromatic nitrogens is 1. The van der Waals surface area contributed by atoms with Crippen LogP contribution < -0.4 is 5.32 Å². The molecule has 0 radical (unpaired) electrons. The average molecular weight is 344 g/mol. The molecule has 0 atom stereocenters. The number of amides is 1. The largest absolute Gasteiger partial charge is 0.352 e. The van der Waals surface area contributed by atoms with Crippen molar-refractivity contribution >= 4 is 17.2 Å². The van der Waals surface area contributed by atoms with E-state index in [1.807, 2.05) is 5.38 Å².